The molecule has 1 aliphatic heterocycles. The first-order chi connectivity index (χ1) is 13.0. The molecule has 1 heterocycles. The fourth-order valence-electron chi connectivity index (χ4n) is 2.73. The van der Waals surface area contributed by atoms with Gasteiger partial charge in [-0.2, -0.15) is 0 Å². The quantitative estimate of drug-likeness (QED) is 0.459. The van der Waals surface area contributed by atoms with Crippen LogP contribution in [0.3, 0.4) is 0 Å². The first-order valence-electron chi connectivity index (χ1n) is 8.23. The summed E-state index contributed by atoms with van der Waals surface area (Å²) in [5.74, 6) is -0.984. The molecule has 1 N–H and O–H groups in total. The first kappa shape index (κ1) is 18.7. The van der Waals surface area contributed by atoms with Crippen LogP contribution in [0.15, 0.2) is 53.4 Å². The highest BCUT2D eigenvalue weighted by Crippen LogP contribution is 2.36. The third-order valence-electron chi connectivity index (χ3n) is 4.09. The van der Waals surface area contributed by atoms with Crippen molar-refractivity contribution in [3.63, 3.8) is 0 Å². The molecule has 2 amide bonds. The van der Waals surface area contributed by atoms with Gasteiger partial charge in [-0.15, -0.1) is 0 Å². The summed E-state index contributed by atoms with van der Waals surface area (Å²) < 4.78 is 0. The highest BCUT2D eigenvalue weighted by atomic mass is 32.2. The summed E-state index contributed by atoms with van der Waals surface area (Å²) in [6.07, 6.45) is 2.69. The zero-order valence-electron chi connectivity index (χ0n) is 14.2. The SMILES string of the molecule is O=C1S/C(=C/c2cccc([N+](=O)[O-])c2O)C(=O)N1CCCc1ccccc1. The van der Waals surface area contributed by atoms with Crippen molar-refractivity contribution < 1.29 is 19.6 Å². The number of nitro benzene ring substituents is 1. The molecule has 0 atom stereocenters. The molecule has 2 aromatic rings. The highest BCUT2D eigenvalue weighted by Gasteiger charge is 2.34. The highest BCUT2D eigenvalue weighted by molar-refractivity contribution is 8.18. The monoisotopic (exact) mass is 384 g/mol. The number of thioether (sulfide) groups is 1. The molecular formula is C19H16N2O5S. The number of imide groups is 1. The average Bonchev–Trinajstić information content (AvgIpc) is 2.91. The molecule has 0 radical (unpaired) electrons. The van der Waals surface area contributed by atoms with E-state index in [0.29, 0.717) is 6.42 Å². The Bertz CT molecular complexity index is 927. The van der Waals surface area contributed by atoms with E-state index in [1.165, 1.54) is 24.3 Å². The van der Waals surface area contributed by atoms with Crippen molar-refractivity contribution in [2.75, 3.05) is 6.54 Å². The predicted molar refractivity (Wildman–Crippen MR) is 102 cm³/mol. The molecule has 2 aromatic carbocycles. The molecule has 0 unspecified atom stereocenters. The van der Waals surface area contributed by atoms with Crippen LogP contribution < -0.4 is 0 Å². The van der Waals surface area contributed by atoms with Crippen molar-refractivity contribution >= 4 is 34.7 Å². The lowest BCUT2D eigenvalue weighted by Crippen LogP contribution is -2.29. The van der Waals surface area contributed by atoms with Crippen LogP contribution in [0.2, 0.25) is 0 Å². The van der Waals surface area contributed by atoms with Crippen molar-refractivity contribution in [1.29, 1.82) is 0 Å². The molecule has 0 bridgehead atoms. The maximum atomic E-state index is 12.5. The van der Waals surface area contributed by atoms with Crippen molar-refractivity contribution in [3.05, 3.63) is 74.7 Å². The van der Waals surface area contributed by atoms with Gasteiger partial charge in [0.05, 0.1) is 9.83 Å². The summed E-state index contributed by atoms with van der Waals surface area (Å²) in [7, 11) is 0. The Morgan fingerprint density at radius 2 is 1.85 bits per heavy atom. The number of phenols is 1. The Hall–Kier alpha value is -3.13. The maximum Gasteiger partial charge on any atom is 0.311 e. The van der Waals surface area contributed by atoms with E-state index in [9.17, 15) is 24.8 Å². The number of hydrogen-bond acceptors (Lipinski definition) is 6. The minimum atomic E-state index is -0.706. The van der Waals surface area contributed by atoms with E-state index >= 15 is 0 Å². The fourth-order valence-corrected chi connectivity index (χ4v) is 3.59. The van der Waals surface area contributed by atoms with E-state index in [0.717, 1.165) is 28.6 Å². The number of aromatic hydroxyl groups is 1. The van der Waals surface area contributed by atoms with Gasteiger partial charge in [-0.1, -0.05) is 42.5 Å². The van der Waals surface area contributed by atoms with Gasteiger partial charge in [-0.3, -0.25) is 24.6 Å². The van der Waals surface area contributed by atoms with Gasteiger partial charge in [-0.25, -0.2) is 0 Å². The van der Waals surface area contributed by atoms with Gasteiger partial charge >= 0.3 is 5.69 Å². The van der Waals surface area contributed by atoms with Gasteiger partial charge in [0.1, 0.15) is 0 Å². The van der Waals surface area contributed by atoms with Crippen LogP contribution in [0.4, 0.5) is 10.5 Å². The number of carbonyl (C=O) groups excluding carboxylic acids is 2. The molecule has 0 saturated carbocycles. The minimum absolute atomic E-state index is 0.124. The van der Waals surface area contributed by atoms with Crippen LogP contribution in [0, 0.1) is 10.1 Å². The van der Waals surface area contributed by atoms with E-state index in [1.807, 2.05) is 30.3 Å². The van der Waals surface area contributed by atoms with Crippen molar-refractivity contribution in [3.8, 4) is 5.75 Å². The zero-order valence-corrected chi connectivity index (χ0v) is 15.0. The molecule has 0 spiro atoms. The second-order valence-electron chi connectivity index (χ2n) is 5.89. The lowest BCUT2D eigenvalue weighted by molar-refractivity contribution is -0.385. The van der Waals surface area contributed by atoms with Crippen molar-refractivity contribution in [1.82, 2.24) is 4.90 Å². The third kappa shape index (κ3) is 4.17. The molecule has 8 heteroatoms. The zero-order chi connectivity index (χ0) is 19.4. The number of rotatable bonds is 6. The molecule has 0 aromatic heterocycles. The fraction of sp³-hybridized carbons (Fsp3) is 0.158. The first-order valence-corrected chi connectivity index (χ1v) is 9.04. The predicted octanol–water partition coefficient (Wildman–Crippen LogP) is 3.97. The van der Waals surface area contributed by atoms with Crippen LogP contribution >= 0.6 is 11.8 Å². The smallest absolute Gasteiger partial charge is 0.311 e. The number of nitro groups is 1. The number of hydrogen-bond donors (Lipinski definition) is 1. The molecular weight excluding hydrogens is 368 g/mol. The van der Waals surface area contributed by atoms with Crippen molar-refractivity contribution in [2.45, 2.75) is 12.8 Å². The van der Waals surface area contributed by atoms with Crippen molar-refractivity contribution in [2.24, 2.45) is 0 Å². The summed E-state index contributed by atoms with van der Waals surface area (Å²) in [6, 6.07) is 13.8. The Balaban J connectivity index is 1.71. The molecule has 27 heavy (non-hydrogen) atoms. The summed E-state index contributed by atoms with van der Waals surface area (Å²) in [5.41, 5.74) is 0.798. The Morgan fingerprint density at radius 1 is 1.11 bits per heavy atom. The molecule has 7 nitrogen and oxygen atoms in total. The minimum Gasteiger partial charge on any atom is -0.502 e. The van der Waals surface area contributed by atoms with Gasteiger partial charge in [0, 0.05) is 18.2 Å². The lowest BCUT2D eigenvalue weighted by Gasteiger charge is -2.12. The Morgan fingerprint density at radius 3 is 2.56 bits per heavy atom. The van der Waals surface area contributed by atoms with Gasteiger partial charge in [-0.05, 0) is 36.2 Å². The molecule has 1 aliphatic rings. The number of amides is 2. The van der Waals surface area contributed by atoms with Gasteiger partial charge in [0.25, 0.3) is 11.1 Å². The standard InChI is InChI=1S/C19H16N2O5S/c22-17-14(9-4-10-15(17)21(25)26)12-16-18(23)20(19(24)27-16)11-5-8-13-6-2-1-3-7-13/h1-4,6-7,9-10,12,22H,5,8,11H2/b16-12+. The normalized spacial score (nSPS) is 15.6. The third-order valence-corrected chi connectivity index (χ3v) is 5.00. The van der Waals surface area contributed by atoms with Crippen LogP contribution in [0.25, 0.3) is 6.08 Å². The van der Waals surface area contributed by atoms with E-state index in [-0.39, 0.29) is 22.3 Å². The Kier molecular flexibility index (Phi) is 5.56. The largest absolute Gasteiger partial charge is 0.502 e. The van der Waals surface area contributed by atoms with Crippen LogP contribution in [0.5, 0.6) is 5.75 Å². The molecule has 138 valence electrons. The maximum absolute atomic E-state index is 12.5. The Labute approximate surface area is 159 Å². The van der Waals surface area contributed by atoms with E-state index in [4.69, 9.17) is 0 Å². The van der Waals surface area contributed by atoms with E-state index < -0.39 is 22.3 Å². The lowest BCUT2D eigenvalue weighted by atomic mass is 10.1. The molecule has 0 aliphatic carbocycles. The van der Waals surface area contributed by atoms with Crippen LogP contribution in [-0.2, 0) is 11.2 Å². The summed E-state index contributed by atoms with van der Waals surface area (Å²) >= 11 is 0.763. The number of benzene rings is 2. The van der Waals surface area contributed by atoms with Gasteiger partial charge < -0.3 is 5.11 Å². The van der Waals surface area contributed by atoms with E-state index in [2.05, 4.69) is 0 Å². The number of para-hydroxylation sites is 1. The topological polar surface area (TPSA) is 101 Å². The number of carbonyl (C=O) groups is 2. The molecule has 1 fully saturated rings. The number of nitrogens with zero attached hydrogens (tertiary/aromatic N) is 2. The average molecular weight is 384 g/mol. The molecule has 3 rings (SSSR count). The summed E-state index contributed by atoms with van der Waals surface area (Å²) in [4.78, 5) is 36.1. The number of phenolic OH excluding ortho intramolecular Hbond substituents is 1. The van der Waals surface area contributed by atoms with Crippen LogP contribution in [-0.4, -0.2) is 32.6 Å². The van der Waals surface area contributed by atoms with Gasteiger partial charge in [0.15, 0.2) is 0 Å². The van der Waals surface area contributed by atoms with E-state index in [1.54, 1.807) is 0 Å². The van der Waals surface area contributed by atoms with Gasteiger partial charge in [0.2, 0.25) is 5.75 Å². The second-order valence-corrected chi connectivity index (χ2v) is 6.89. The van der Waals surface area contributed by atoms with Crippen LogP contribution in [0.1, 0.15) is 17.5 Å². The summed E-state index contributed by atoms with van der Waals surface area (Å²) in [5, 5.41) is 20.5. The second kappa shape index (κ2) is 8.05. The molecule has 1 saturated heterocycles. The summed E-state index contributed by atoms with van der Waals surface area (Å²) in [6.45, 7) is 0.290. The number of aryl methyl sites for hydroxylation is 1.